The standard InChI is InChI=1S/C27H27NO5S/c1-18-13-22(32-12-11-31-2)15-28-27(18)24-17-34-25-9-5-20(14-23(24)25)16-33-21-7-3-19(4-8-21)6-10-26(29)30/h3-5,7-9,13-15,17H,6,10-12,16H2,1-2H3,(H,29,30). The summed E-state index contributed by atoms with van der Waals surface area (Å²) >= 11 is 1.70. The SMILES string of the molecule is COCCOc1cnc(-c2csc3ccc(COc4ccc(CCC(=O)O)cc4)cc23)c(C)c1. The van der Waals surface area contributed by atoms with Gasteiger partial charge < -0.3 is 19.3 Å². The Morgan fingerprint density at radius 3 is 2.53 bits per heavy atom. The lowest BCUT2D eigenvalue weighted by molar-refractivity contribution is -0.136. The molecule has 0 bridgehead atoms. The van der Waals surface area contributed by atoms with E-state index >= 15 is 0 Å². The van der Waals surface area contributed by atoms with E-state index < -0.39 is 5.97 Å². The number of fused-ring (bicyclic) bond motifs is 1. The topological polar surface area (TPSA) is 77.9 Å². The smallest absolute Gasteiger partial charge is 0.303 e. The molecule has 0 saturated heterocycles. The van der Waals surface area contributed by atoms with Crippen LogP contribution in [0, 0.1) is 6.92 Å². The summed E-state index contributed by atoms with van der Waals surface area (Å²) in [5, 5.41) is 12.1. The maximum Gasteiger partial charge on any atom is 0.303 e. The van der Waals surface area contributed by atoms with Gasteiger partial charge in [0.1, 0.15) is 24.7 Å². The second kappa shape index (κ2) is 11.1. The van der Waals surface area contributed by atoms with E-state index in [0.717, 1.165) is 44.8 Å². The number of carboxylic acids is 1. The van der Waals surface area contributed by atoms with Gasteiger partial charge in [-0.3, -0.25) is 9.78 Å². The number of nitrogens with zero attached hydrogens (tertiary/aromatic N) is 1. The molecule has 4 aromatic rings. The van der Waals surface area contributed by atoms with Crippen molar-refractivity contribution in [2.45, 2.75) is 26.4 Å². The molecule has 0 aliphatic carbocycles. The maximum absolute atomic E-state index is 10.7. The van der Waals surface area contributed by atoms with Crippen molar-refractivity contribution in [3.63, 3.8) is 0 Å². The number of carbonyl (C=O) groups is 1. The van der Waals surface area contributed by atoms with Crippen LogP contribution in [-0.4, -0.2) is 36.4 Å². The average molecular weight is 478 g/mol. The Morgan fingerprint density at radius 1 is 1.00 bits per heavy atom. The normalized spacial score (nSPS) is 11.0. The summed E-state index contributed by atoms with van der Waals surface area (Å²) in [5.41, 5.74) is 5.15. The largest absolute Gasteiger partial charge is 0.490 e. The van der Waals surface area contributed by atoms with Gasteiger partial charge in [-0.1, -0.05) is 18.2 Å². The highest BCUT2D eigenvalue weighted by Gasteiger charge is 2.12. The number of thiophene rings is 1. The Morgan fingerprint density at radius 2 is 1.79 bits per heavy atom. The number of hydrogen-bond donors (Lipinski definition) is 1. The van der Waals surface area contributed by atoms with Crippen LogP contribution in [-0.2, 0) is 22.6 Å². The van der Waals surface area contributed by atoms with Crippen LogP contribution >= 0.6 is 11.3 Å². The van der Waals surface area contributed by atoms with E-state index in [1.165, 1.54) is 4.70 Å². The third-order valence-corrected chi connectivity index (χ3v) is 6.42. The van der Waals surface area contributed by atoms with Crippen LogP contribution in [0.5, 0.6) is 11.5 Å². The van der Waals surface area contributed by atoms with E-state index in [-0.39, 0.29) is 6.42 Å². The second-order valence-corrected chi connectivity index (χ2v) is 8.90. The lowest BCUT2D eigenvalue weighted by atomic mass is 10.0. The molecule has 6 nitrogen and oxygen atoms in total. The lowest BCUT2D eigenvalue weighted by Gasteiger charge is -2.10. The number of rotatable bonds is 11. The van der Waals surface area contributed by atoms with Gasteiger partial charge in [0, 0.05) is 34.6 Å². The zero-order valence-electron chi connectivity index (χ0n) is 19.2. The van der Waals surface area contributed by atoms with E-state index in [1.54, 1.807) is 24.6 Å². The van der Waals surface area contributed by atoms with Crippen LogP contribution in [0.2, 0.25) is 0 Å². The summed E-state index contributed by atoms with van der Waals surface area (Å²) in [6, 6.07) is 16.0. The maximum atomic E-state index is 10.7. The number of carboxylic acid groups (broad SMARTS) is 1. The first-order valence-corrected chi connectivity index (χ1v) is 11.9. The first kappa shape index (κ1) is 23.7. The first-order valence-electron chi connectivity index (χ1n) is 11.1. The fourth-order valence-corrected chi connectivity index (χ4v) is 4.60. The van der Waals surface area contributed by atoms with E-state index in [4.69, 9.17) is 19.3 Å². The summed E-state index contributed by atoms with van der Waals surface area (Å²) in [4.78, 5) is 15.4. The Labute approximate surface area is 202 Å². The fraction of sp³-hybridized carbons (Fsp3) is 0.259. The van der Waals surface area contributed by atoms with E-state index in [1.807, 2.05) is 37.3 Å². The number of methoxy groups -OCH3 is 1. The van der Waals surface area contributed by atoms with Crippen molar-refractivity contribution < 1.29 is 24.1 Å². The Balaban J connectivity index is 1.47. The molecule has 0 fully saturated rings. The number of aliphatic carboxylic acids is 1. The first-order chi connectivity index (χ1) is 16.5. The van der Waals surface area contributed by atoms with E-state index in [9.17, 15) is 4.79 Å². The summed E-state index contributed by atoms with van der Waals surface area (Å²) in [5.74, 6) is 0.701. The summed E-state index contributed by atoms with van der Waals surface area (Å²) in [7, 11) is 1.65. The molecule has 34 heavy (non-hydrogen) atoms. The zero-order chi connectivity index (χ0) is 23.9. The molecule has 0 saturated carbocycles. The fourth-order valence-electron chi connectivity index (χ4n) is 3.67. The van der Waals surface area contributed by atoms with Crippen molar-refractivity contribution in [2.24, 2.45) is 0 Å². The Kier molecular flexibility index (Phi) is 7.77. The van der Waals surface area contributed by atoms with Gasteiger partial charge >= 0.3 is 5.97 Å². The van der Waals surface area contributed by atoms with Crippen LogP contribution in [0.1, 0.15) is 23.1 Å². The number of benzene rings is 2. The van der Waals surface area contributed by atoms with Crippen molar-refractivity contribution >= 4 is 27.4 Å². The molecule has 4 rings (SSSR count). The predicted octanol–water partition coefficient (Wildman–Crippen LogP) is 5.89. The van der Waals surface area contributed by atoms with Gasteiger partial charge in [0.25, 0.3) is 0 Å². The zero-order valence-corrected chi connectivity index (χ0v) is 20.1. The molecule has 176 valence electrons. The van der Waals surface area contributed by atoms with Gasteiger partial charge in [0.15, 0.2) is 0 Å². The molecule has 2 aromatic carbocycles. The molecule has 2 heterocycles. The average Bonchev–Trinajstić information content (AvgIpc) is 3.25. The molecule has 0 aliphatic heterocycles. The van der Waals surface area contributed by atoms with Crippen LogP contribution < -0.4 is 9.47 Å². The third kappa shape index (κ3) is 5.92. The minimum absolute atomic E-state index is 0.126. The van der Waals surface area contributed by atoms with Gasteiger partial charge in [-0.05, 0) is 60.4 Å². The monoisotopic (exact) mass is 477 g/mol. The summed E-state index contributed by atoms with van der Waals surface area (Å²) in [6.07, 6.45) is 2.40. The number of pyridine rings is 1. The Bertz CT molecular complexity index is 1270. The van der Waals surface area contributed by atoms with Gasteiger partial charge in [0.05, 0.1) is 18.5 Å². The molecule has 0 amide bonds. The molecular formula is C27H27NO5S. The van der Waals surface area contributed by atoms with Crippen molar-refractivity contribution in [1.82, 2.24) is 4.98 Å². The molecule has 2 aromatic heterocycles. The minimum Gasteiger partial charge on any atom is -0.490 e. The van der Waals surface area contributed by atoms with Crippen molar-refractivity contribution in [3.05, 3.63) is 76.8 Å². The summed E-state index contributed by atoms with van der Waals surface area (Å²) in [6.45, 7) is 3.52. The van der Waals surface area contributed by atoms with Gasteiger partial charge in [-0.15, -0.1) is 11.3 Å². The highest BCUT2D eigenvalue weighted by Crippen LogP contribution is 2.36. The van der Waals surface area contributed by atoms with Crippen LogP contribution in [0.3, 0.4) is 0 Å². The van der Waals surface area contributed by atoms with Crippen molar-refractivity contribution in [3.8, 4) is 22.8 Å². The van der Waals surface area contributed by atoms with Crippen LogP contribution in [0.4, 0.5) is 0 Å². The van der Waals surface area contributed by atoms with Crippen LogP contribution in [0.25, 0.3) is 21.3 Å². The highest BCUT2D eigenvalue weighted by atomic mass is 32.1. The molecule has 0 spiro atoms. The van der Waals surface area contributed by atoms with Crippen LogP contribution in [0.15, 0.2) is 60.1 Å². The predicted molar refractivity (Wildman–Crippen MR) is 134 cm³/mol. The molecule has 1 N–H and O–H groups in total. The number of aryl methyl sites for hydroxylation is 2. The molecule has 0 unspecified atom stereocenters. The lowest BCUT2D eigenvalue weighted by Crippen LogP contribution is -2.04. The third-order valence-electron chi connectivity index (χ3n) is 5.46. The number of hydrogen-bond acceptors (Lipinski definition) is 6. The van der Waals surface area contributed by atoms with Gasteiger partial charge in [0.2, 0.25) is 0 Å². The molecular weight excluding hydrogens is 450 g/mol. The van der Waals surface area contributed by atoms with E-state index in [2.05, 4.69) is 28.6 Å². The number of aromatic nitrogens is 1. The van der Waals surface area contributed by atoms with Gasteiger partial charge in [-0.2, -0.15) is 0 Å². The highest BCUT2D eigenvalue weighted by molar-refractivity contribution is 7.17. The van der Waals surface area contributed by atoms with Crippen molar-refractivity contribution in [2.75, 3.05) is 20.3 Å². The molecule has 0 atom stereocenters. The number of ether oxygens (including phenoxy) is 3. The molecule has 0 radical (unpaired) electrons. The minimum atomic E-state index is -0.791. The molecule has 0 aliphatic rings. The van der Waals surface area contributed by atoms with Gasteiger partial charge in [-0.25, -0.2) is 0 Å². The van der Waals surface area contributed by atoms with Crippen molar-refractivity contribution in [1.29, 1.82) is 0 Å². The quantitative estimate of drug-likeness (QED) is 0.271. The Hall–Kier alpha value is -3.42. The summed E-state index contributed by atoms with van der Waals surface area (Å²) < 4.78 is 17.9. The molecule has 7 heteroatoms. The van der Waals surface area contributed by atoms with E-state index in [0.29, 0.717) is 26.2 Å². The second-order valence-electron chi connectivity index (χ2n) is 7.98.